The SMILES string of the molecule is C/C=C\c1ccc2c3c4ccccc4c4ccccc4c3n(-c3ccccc3)c2c1CC. The van der Waals surface area contributed by atoms with E-state index in [0.29, 0.717) is 0 Å². The highest BCUT2D eigenvalue weighted by atomic mass is 15.0. The summed E-state index contributed by atoms with van der Waals surface area (Å²) in [6, 6.07) is 33.1. The molecule has 154 valence electrons. The molecule has 0 aliphatic rings. The highest BCUT2D eigenvalue weighted by molar-refractivity contribution is 6.32. The summed E-state index contributed by atoms with van der Waals surface area (Å²) in [5.41, 5.74) is 6.53. The first-order valence-corrected chi connectivity index (χ1v) is 11.4. The summed E-state index contributed by atoms with van der Waals surface area (Å²) < 4.78 is 2.51. The second-order valence-electron chi connectivity index (χ2n) is 8.37. The number of fused-ring (bicyclic) bond motifs is 8. The van der Waals surface area contributed by atoms with Gasteiger partial charge in [-0.3, -0.25) is 0 Å². The van der Waals surface area contributed by atoms with E-state index in [1.807, 2.05) is 0 Å². The van der Waals surface area contributed by atoms with Crippen molar-refractivity contribution in [3.8, 4) is 5.69 Å². The summed E-state index contributed by atoms with van der Waals surface area (Å²) >= 11 is 0. The summed E-state index contributed by atoms with van der Waals surface area (Å²) in [7, 11) is 0. The molecule has 1 aromatic heterocycles. The predicted octanol–water partition coefficient (Wildman–Crippen LogP) is 8.69. The lowest BCUT2D eigenvalue weighted by Crippen LogP contribution is -1.98. The van der Waals surface area contributed by atoms with Crippen LogP contribution in [0.2, 0.25) is 0 Å². The Balaban J connectivity index is 2.00. The molecule has 32 heavy (non-hydrogen) atoms. The van der Waals surface area contributed by atoms with Gasteiger partial charge in [0.2, 0.25) is 0 Å². The molecule has 0 N–H and O–H groups in total. The molecule has 1 heterocycles. The van der Waals surface area contributed by atoms with Gasteiger partial charge in [0.25, 0.3) is 0 Å². The van der Waals surface area contributed by atoms with Gasteiger partial charge in [0.15, 0.2) is 0 Å². The molecule has 0 saturated heterocycles. The molecule has 5 aromatic carbocycles. The van der Waals surface area contributed by atoms with E-state index in [2.05, 4.69) is 122 Å². The molecule has 1 heteroatoms. The maximum Gasteiger partial charge on any atom is 0.0626 e. The molecule has 0 aliphatic carbocycles. The minimum Gasteiger partial charge on any atom is -0.308 e. The zero-order chi connectivity index (χ0) is 21.7. The summed E-state index contributed by atoms with van der Waals surface area (Å²) in [6.07, 6.45) is 5.36. The highest BCUT2D eigenvalue weighted by Gasteiger charge is 2.21. The minimum absolute atomic E-state index is 0.982. The summed E-state index contributed by atoms with van der Waals surface area (Å²) in [4.78, 5) is 0. The van der Waals surface area contributed by atoms with Gasteiger partial charge in [0.05, 0.1) is 11.0 Å². The lowest BCUT2D eigenvalue weighted by molar-refractivity contribution is 1.10. The zero-order valence-electron chi connectivity index (χ0n) is 18.5. The van der Waals surface area contributed by atoms with Gasteiger partial charge >= 0.3 is 0 Å². The van der Waals surface area contributed by atoms with Crippen LogP contribution in [-0.4, -0.2) is 4.57 Å². The van der Waals surface area contributed by atoms with E-state index in [1.165, 1.54) is 60.2 Å². The Kier molecular flexibility index (Phi) is 4.36. The Morgan fingerprint density at radius 1 is 0.625 bits per heavy atom. The van der Waals surface area contributed by atoms with Crippen molar-refractivity contribution in [1.82, 2.24) is 4.57 Å². The van der Waals surface area contributed by atoms with Crippen molar-refractivity contribution in [1.29, 1.82) is 0 Å². The first-order valence-electron chi connectivity index (χ1n) is 11.4. The summed E-state index contributed by atoms with van der Waals surface area (Å²) in [5, 5.41) is 7.93. The lowest BCUT2D eigenvalue weighted by Gasteiger charge is -2.14. The Morgan fingerprint density at radius 3 is 1.94 bits per heavy atom. The smallest absolute Gasteiger partial charge is 0.0626 e. The summed E-state index contributed by atoms with van der Waals surface area (Å²) in [6.45, 7) is 4.36. The fourth-order valence-electron chi connectivity index (χ4n) is 5.39. The standard InChI is InChI=1S/C31H25N/c1-3-12-21-19-20-28-29-26-17-10-8-15-24(26)25-16-9-11-18-27(25)31(29)32(30(28)23(21)4-2)22-13-6-5-7-14-22/h3,5-20H,4H2,1-2H3/b12-3-. The Bertz CT molecular complexity index is 1650. The van der Waals surface area contributed by atoms with Gasteiger partial charge in [-0.25, -0.2) is 0 Å². The number of allylic oxidation sites excluding steroid dienone is 1. The maximum absolute atomic E-state index is 2.51. The van der Waals surface area contributed by atoms with Crippen LogP contribution in [0.1, 0.15) is 25.0 Å². The third kappa shape index (κ3) is 2.58. The van der Waals surface area contributed by atoms with E-state index >= 15 is 0 Å². The Labute approximate surface area is 188 Å². The molecule has 0 atom stereocenters. The molecular weight excluding hydrogens is 386 g/mol. The number of hydrogen-bond donors (Lipinski definition) is 0. The van der Waals surface area contributed by atoms with E-state index < -0.39 is 0 Å². The first kappa shape index (κ1) is 18.9. The third-order valence-corrected chi connectivity index (χ3v) is 6.66. The number of aromatic nitrogens is 1. The summed E-state index contributed by atoms with van der Waals surface area (Å²) in [5.74, 6) is 0. The van der Waals surface area contributed by atoms with Crippen molar-refractivity contribution in [2.75, 3.05) is 0 Å². The number of nitrogens with zero attached hydrogens (tertiary/aromatic N) is 1. The van der Waals surface area contributed by atoms with Crippen LogP contribution in [0.4, 0.5) is 0 Å². The minimum atomic E-state index is 0.982. The molecule has 0 aliphatic heterocycles. The fraction of sp³-hybridized carbons (Fsp3) is 0.0968. The average Bonchev–Trinajstić information content (AvgIpc) is 3.20. The van der Waals surface area contributed by atoms with Crippen LogP contribution < -0.4 is 0 Å². The molecule has 0 saturated carbocycles. The number of rotatable bonds is 3. The van der Waals surface area contributed by atoms with Crippen molar-refractivity contribution in [3.05, 3.63) is 108 Å². The maximum atomic E-state index is 2.51. The second kappa shape index (κ2) is 7.39. The van der Waals surface area contributed by atoms with E-state index in [4.69, 9.17) is 0 Å². The fourth-order valence-corrected chi connectivity index (χ4v) is 5.39. The predicted molar refractivity (Wildman–Crippen MR) is 140 cm³/mol. The van der Waals surface area contributed by atoms with Crippen LogP contribution in [-0.2, 0) is 6.42 Å². The molecule has 0 radical (unpaired) electrons. The monoisotopic (exact) mass is 411 g/mol. The van der Waals surface area contributed by atoms with Crippen molar-refractivity contribution in [2.24, 2.45) is 0 Å². The van der Waals surface area contributed by atoms with Gasteiger partial charge < -0.3 is 4.57 Å². The van der Waals surface area contributed by atoms with Crippen LogP contribution >= 0.6 is 0 Å². The van der Waals surface area contributed by atoms with Gasteiger partial charge in [-0.05, 0) is 52.8 Å². The van der Waals surface area contributed by atoms with Crippen LogP contribution in [0.25, 0.3) is 55.1 Å². The molecule has 0 unspecified atom stereocenters. The Morgan fingerprint density at radius 2 is 1.25 bits per heavy atom. The normalized spacial score (nSPS) is 12.1. The molecule has 0 spiro atoms. The van der Waals surface area contributed by atoms with E-state index in [1.54, 1.807) is 0 Å². The van der Waals surface area contributed by atoms with Gasteiger partial charge in [-0.2, -0.15) is 0 Å². The van der Waals surface area contributed by atoms with Crippen molar-refractivity contribution in [2.45, 2.75) is 20.3 Å². The largest absolute Gasteiger partial charge is 0.308 e. The van der Waals surface area contributed by atoms with E-state index in [0.717, 1.165) is 6.42 Å². The highest BCUT2D eigenvalue weighted by Crippen LogP contribution is 2.43. The second-order valence-corrected chi connectivity index (χ2v) is 8.37. The molecule has 6 aromatic rings. The molecular formula is C31H25N. The first-order chi connectivity index (χ1) is 15.8. The van der Waals surface area contributed by atoms with Crippen molar-refractivity contribution in [3.63, 3.8) is 0 Å². The molecule has 0 bridgehead atoms. The lowest BCUT2D eigenvalue weighted by atomic mass is 9.95. The topological polar surface area (TPSA) is 4.93 Å². The molecule has 0 fully saturated rings. The number of benzene rings is 5. The van der Waals surface area contributed by atoms with Gasteiger partial charge in [-0.1, -0.05) is 97.9 Å². The van der Waals surface area contributed by atoms with E-state index in [-0.39, 0.29) is 0 Å². The van der Waals surface area contributed by atoms with Crippen LogP contribution in [0.15, 0.2) is 97.1 Å². The number of hydrogen-bond acceptors (Lipinski definition) is 0. The number of para-hydroxylation sites is 1. The van der Waals surface area contributed by atoms with Crippen molar-refractivity contribution >= 4 is 49.4 Å². The van der Waals surface area contributed by atoms with Crippen molar-refractivity contribution < 1.29 is 0 Å². The Hall–Kier alpha value is -3.84. The molecule has 6 rings (SSSR count). The molecule has 0 amide bonds. The van der Waals surface area contributed by atoms with E-state index in [9.17, 15) is 0 Å². The van der Waals surface area contributed by atoms with Gasteiger partial charge in [0.1, 0.15) is 0 Å². The quantitative estimate of drug-likeness (QED) is 0.257. The van der Waals surface area contributed by atoms with Crippen LogP contribution in [0.5, 0.6) is 0 Å². The molecule has 1 nitrogen and oxygen atoms in total. The number of aryl methyl sites for hydroxylation is 1. The average molecular weight is 412 g/mol. The van der Waals surface area contributed by atoms with Gasteiger partial charge in [0, 0.05) is 21.8 Å². The van der Waals surface area contributed by atoms with Gasteiger partial charge in [-0.15, -0.1) is 0 Å². The zero-order valence-corrected chi connectivity index (χ0v) is 18.5. The van der Waals surface area contributed by atoms with Crippen LogP contribution in [0.3, 0.4) is 0 Å². The third-order valence-electron chi connectivity index (χ3n) is 6.66. The van der Waals surface area contributed by atoms with Crippen LogP contribution in [0, 0.1) is 0 Å².